The van der Waals surface area contributed by atoms with Crippen molar-refractivity contribution in [1.29, 1.82) is 0 Å². The molecule has 2 aromatic carbocycles. The van der Waals surface area contributed by atoms with Crippen LogP contribution in [0, 0.1) is 0 Å². The Morgan fingerprint density at radius 1 is 1.02 bits per heavy atom. The average molecular weight is 551 g/mol. The summed E-state index contributed by atoms with van der Waals surface area (Å²) in [5.41, 5.74) is 12.1. The highest BCUT2D eigenvalue weighted by molar-refractivity contribution is 6.01. The molecule has 1 aliphatic heterocycles. The minimum atomic E-state index is -1.14. The molecule has 12 heteroatoms. The van der Waals surface area contributed by atoms with Crippen molar-refractivity contribution in [3.8, 4) is 0 Å². The molecule has 2 aromatic rings. The highest BCUT2D eigenvalue weighted by atomic mass is 16.6. The van der Waals surface area contributed by atoms with Crippen molar-refractivity contribution in [2.75, 3.05) is 6.54 Å². The van der Waals surface area contributed by atoms with Crippen LogP contribution >= 0.6 is 0 Å². The van der Waals surface area contributed by atoms with Crippen LogP contribution in [-0.4, -0.2) is 65.6 Å². The second-order valence-corrected chi connectivity index (χ2v) is 9.31. The third-order valence-electron chi connectivity index (χ3n) is 6.29. The van der Waals surface area contributed by atoms with Gasteiger partial charge in [0, 0.05) is 19.4 Å². The Morgan fingerprint density at radius 3 is 2.30 bits per heavy atom. The van der Waals surface area contributed by atoms with E-state index in [1.165, 1.54) is 0 Å². The molecular weight excluding hydrogens is 516 g/mol. The van der Waals surface area contributed by atoms with Crippen LogP contribution in [0.15, 0.2) is 65.7 Å². The van der Waals surface area contributed by atoms with Crippen LogP contribution in [0.1, 0.15) is 36.8 Å². The minimum absolute atomic E-state index is 0.0168. The van der Waals surface area contributed by atoms with E-state index in [2.05, 4.69) is 15.6 Å². The summed E-state index contributed by atoms with van der Waals surface area (Å²) in [6.45, 7) is 0.228. The lowest BCUT2D eigenvalue weighted by atomic mass is 10.0. The predicted octanol–water partition coefficient (Wildman–Crippen LogP) is 0.779. The largest absolute Gasteiger partial charge is 0.444 e. The maximum atomic E-state index is 13.3. The number of nitrogens with two attached hydrogens (primary N) is 2. The Kier molecular flexibility index (Phi) is 11.2. The number of guanidine groups is 1. The Morgan fingerprint density at radius 2 is 1.68 bits per heavy atom. The number of likely N-dealkylation sites (tertiary alicyclic amines) is 1. The second-order valence-electron chi connectivity index (χ2n) is 9.31. The van der Waals surface area contributed by atoms with Gasteiger partial charge in [0.1, 0.15) is 25.0 Å². The maximum Gasteiger partial charge on any atom is 0.417 e. The van der Waals surface area contributed by atoms with Crippen LogP contribution in [0.25, 0.3) is 0 Å². The first-order chi connectivity index (χ1) is 19.3. The number of hydrogen-bond acceptors (Lipinski definition) is 7. The third kappa shape index (κ3) is 8.93. The Bertz CT molecular complexity index is 1200. The first-order valence-electron chi connectivity index (χ1n) is 13.0. The van der Waals surface area contributed by atoms with Gasteiger partial charge in [-0.05, 0) is 30.4 Å². The molecule has 1 heterocycles. The van der Waals surface area contributed by atoms with E-state index in [1.54, 1.807) is 48.5 Å². The van der Waals surface area contributed by atoms with Crippen molar-refractivity contribution in [2.45, 2.75) is 56.8 Å². The summed E-state index contributed by atoms with van der Waals surface area (Å²) in [6.07, 6.45) is 0.602. The van der Waals surface area contributed by atoms with Crippen molar-refractivity contribution < 1.29 is 28.7 Å². The zero-order valence-electron chi connectivity index (χ0n) is 22.0. The number of aldehydes is 1. The smallest absolute Gasteiger partial charge is 0.417 e. The molecule has 1 aliphatic rings. The van der Waals surface area contributed by atoms with Crippen molar-refractivity contribution >= 4 is 36.1 Å². The second kappa shape index (κ2) is 15.0. The Hall–Kier alpha value is -4.74. The van der Waals surface area contributed by atoms with Gasteiger partial charge >= 0.3 is 6.09 Å². The molecule has 3 rings (SSSR count). The van der Waals surface area contributed by atoms with Gasteiger partial charge in [0.25, 0.3) is 0 Å². The summed E-state index contributed by atoms with van der Waals surface area (Å²) in [5.74, 6) is -1.86. The Labute approximate surface area is 232 Å². The fourth-order valence-corrected chi connectivity index (χ4v) is 4.25. The summed E-state index contributed by atoms with van der Waals surface area (Å²) in [7, 11) is 0. The van der Waals surface area contributed by atoms with E-state index in [1.807, 2.05) is 12.1 Å². The molecule has 0 saturated carbocycles. The summed E-state index contributed by atoms with van der Waals surface area (Å²) in [4.78, 5) is 68.1. The van der Waals surface area contributed by atoms with Gasteiger partial charge in [-0.15, -0.1) is 0 Å². The van der Waals surface area contributed by atoms with E-state index in [9.17, 15) is 24.0 Å². The number of carbonyl (C=O) groups excluding carboxylic acids is 5. The standard InChI is InChI=1S/C28H34N6O6/c29-27(30)31-15-7-12-21(17-35)32-25(37)22(16-19-8-3-1-4-9-19)33-26(38)23-13-14-24(36)34(23)28(39)40-18-20-10-5-2-6-11-20/h1-6,8-11,17,21-23H,7,12-16,18H2,(H,32,37)(H,33,38)(H4,29,30,31)/t21-,22-,23-/m0/s1. The lowest BCUT2D eigenvalue weighted by molar-refractivity contribution is -0.135. The van der Waals surface area contributed by atoms with Crippen LogP contribution in [0.5, 0.6) is 0 Å². The number of ether oxygens (including phenoxy) is 1. The molecule has 1 saturated heterocycles. The van der Waals surface area contributed by atoms with E-state index in [0.717, 1.165) is 16.0 Å². The van der Waals surface area contributed by atoms with E-state index in [-0.39, 0.29) is 38.2 Å². The molecule has 4 amide bonds. The number of aliphatic imine (C=N–C) groups is 1. The lowest BCUT2D eigenvalue weighted by Gasteiger charge is -2.25. The number of nitrogens with one attached hydrogen (secondary N) is 2. The van der Waals surface area contributed by atoms with Crippen molar-refractivity contribution in [1.82, 2.24) is 15.5 Å². The molecule has 12 nitrogen and oxygen atoms in total. The van der Waals surface area contributed by atoms with Crippen LogP contribution in [-0.2, 0) is 36.9 Å². The first-order valence-corrected chi connectivity index (χ1v) is 13.0. The van der Waals surface area contributed by atoms with Gasteiger partial charge in [-0.3, -0.25) is 19.4 Å². The number of carbonyl (C=O) groups is 5. The van der Waals surface area contributed by atoms with Gasteiger partial charge < -0.3 is 31.6 Å². The third-order valence-corrected chi connectivity index (χ3v) is 6.29. The van der Waals surface area contributed by atoms with Crippen molar-refractivity contribution in [3.05, 3.63) is 71.8 Å². The van der Waals surface area contributed by atoms with E-state index in [0.29, 0.717) is 19.3 Å². The van der Waals surface area contributed by atoms with Gasteiger partial charge in [-0.25, -0.2) is 9.69 Å². The maximum absolute atomic E-state index is 13.3. The summed E-state index contributed by atoms with van der Waals surface area (Å²) < 4.78 is 5.28. The van der Waals surface area contributed by atoms with E-state index in [4.69, 9.17) is 16.2 Å². The topological polar surface area (TPSA) is 186 Å². The lowest BCUT2D eigenvalue weighted by Crippen LogP contribution is -2.55. The molecule has 40 heavy (non-hydrogen) atoms. The fourth-order valence-electron chi connectivity index (χ4n) is 4.25. The van der Waals surface area contributed by atoms with E-state index < -0.39 is 41.9 Å². The van der Waals surface area contributed by atoms with Crippen LogP contribution < -0.4 is 22.1 Å². The van der Waals surface area contributed by atoms with Gasteiger partial charge in [-0.2, -0.15) is 0 Å². The number of hydrogen-bond donors (Lipinski definition) is 4. The normalized spacial score (nSPS) is 15.9. The van der Waals surface area contributed by atoms with Crippen LogP contribution in [0.2, 0.25) is 0 Å². The fraction of sp³-hybridized carbons (Fsp3) is 0.357. The molecular formula is C28H34N6O6. The summed E-state index contributed by atoms with van der Waals surface area (Å²) in [6, 6.07) is 14.9. The highest BCUT2D eigenvalue weighted by Gasteiger charge is 2.42. The number of imide groups is 1. The van der Waals surface area contributed by atoms with Gasteiger partial charge in [-0.1, -0.05) is 60.7 Å². The van der Waals surface area contributed by atoms with Crippen LogP contribution in [0.3, 0.4) is 0 Å². The summed E-state index contributed by atoms with van der Waals surface area (Å²) >= 11 is 0. The molecule has 0 spiro atoms. The van der Waals surface area contributed by atoms with Crippen LogP contribution in [0.4, 0.5) is 4.79 Å². The molecule has 0 aliphatic carbocycles. The zero-order chi connectivity index (χ0) is 28.9. The molecule has 0 aromatic heterocycles. The van der Waals surface area contributed by atoms with Gasteiger partial charge in [0.05, 0.1) is 6.04 Å². The van der Waals surface area contributed by atoms with Crippen molar-refractivity contribution in [3.63, 3.8) is 0 Å². The molecule has 1 fully saturated rings. The number of nitrogens with zero attached hydrogens (tertiary/aromatic N) is 2. The number of amides is 4. The zero-order valence-corrected chi connectivity index (χ0v) is 22.0. The Balaban J connectivity index is 1.68. The molecule has 0 bridgehead atoms. The predicted molar refractivity (Wildman–Crippen MR) is 146 cm³/mol. The number of benzene rings is 2. The molecule has 0 unspecified atom stereocenters. The number of rotatable bonds is 13. The molecule has 0 radical (unpaired) electrons. The molecule has 212 valence electrons. The molecule has 3 atom stereocenters. The average Bonchev–Trinajstić information content (AvgIpc) is 3.35. The first kappa shape index (κ1) is 29.8. The molecule has 6 N–H and O–H groups in total. The highest BCUT2D eigenvalue weighted by Crippen LogP contribution is 2.21. The van der Waals surface area contributed by atoms with Crippen molar-refractivity contribution in [2.24, 2.45) is 16.5 Å². The summed E-state index contributed by atoms with van der Waals surface area (Å²) in [5, 5.41) is 5.32. The quantitative estimate of drug-likeness (QED) is 0.122. The SMILES string of the molecule is NC(N)=NCCC[C@@H](C=O)NC(=O)[C@H](Cc1ccccc1)NC(=O)[C@@H]1CCC(=O)N1C(=O)OCc1ccccc1. The van der Waals surface area contributed by atoms with E-state index >= 15 is 0 Å². The van der Waals surface area contributed by atoms with Gasteiger partial charge in [0.15, 0.2) is 5.96 Å². The van der Waals surface area contributed by atoms with Gasteiger partial charge in [0.2, 0.25) is 17.7 Å². The monoisotopic (exact) mass is 550 g/mol. The minimum Gasteiger partial charge on any atom is -0.444 e.